The third-order valence-electron chi connectivity index (χ3n) is 4.58. The van der Waals surface area contributed by atoms with Crippen molar-refractivity contribution in [3.8, 4) is 11.5 Å². The van der Waals surface area contributed by atoms with Crippen LogP contribution in [-0.4, -0.2) is 42.3 Å². The second-order valence-electron chi connectivity index (χ2n) is 6.66. The molecule has 1 atom stereocenters. The van der Waals surface area contributed by atoms with Crippen LogP contribution in [0.3, 0.4) is 0 Å². The zero-order valence-corrected chi connectivity index (χ0v) is 17.6. The minimum absolute atomic E-state index is 0.177. The third-order valence-corrected chi connectivity index (χ3v) is 5.78. The fourth-order valence-corrected chi connectivity index (χ4v) is 3.80. The lowest BCUT2D eigenvalue weighted by Gasteiger charge is -2.23. The number of carbonyl (C=O) groups is 2. The molecule has 0 radical (unpaired) electrons. The molecule has 0 spiro atoms. The number of ether oxygens (including phenoxy) is 2. The molecule has 29 heavy (non-hydrogen) atoms. The molecular weight excluding hydrogens is 388 g/mol. The Morgan fingerprint density at radius 2 is 2.03 bits per heavy atom. The van der Waals surface area contributed by atoms with E-state index in [1.54, 1.807) is 41.5 Å². The molecule has 1 amide bonds. The van der Waals surface area contributed by atoms with Gasteiger partial charge in [-0.25, -0.2) is 4.98 Å². The Morgan fingerprint density at radius 1 is 1.24 bits per heavy atom. The molecular formula is C22H24N2O4S. The molecule has 0 N–H and O–H groups in total. The molecule has 0 fully saturated rings. The molecule has 0 saturated heterocycles. The smallest absolute Gasteiger partial charge is 0.260 e. The number of thiazole rings is 1. The predicted molar refractivity (Wildman–Crippen MR) is 114 cm³/mol. The van der Waals surface area contributed by atoms with Crippen molar-refractivity contribution < 1.29 is 19.1 Å². The molecule has 0 aliphatic carbocycles. The number of nitrogens with zero attached hydrogens (tertiary/aromatic N) is 2. The Labute approximate surface area is 174 Å². The summed E-state index contributed by atoms with van der Waals surface area (Å²) in [7, 11) is 1.73. The van der Waals surface area contributed by atoms with Crippen molar-refractivity contribution in [2.75, 3.05) is 20.3 Å². The SMILES string of the molecule is CCCOc1ccc(C=O)c(OCC(=O)N(C)[C@@H](C)c2nc3ccccc3s2)c1. The minimum Gasteiger partial charge on any atom is -0.493 e. The highest BCUT2D eigenvalue weighted by molar-refractivity contribution is 7.18. The number of benzene rings is 2. The number of aromatic nitrogens is 1. The van der Waals surface area contributed by atoms with Gasteiger partial charge in [0.1, 0.15) is 16.5 Å². The summed E-state index contributed by atoms with van der Waals surface area (Å²) in [5.74, 6) is 0.743. The Hall–Kier alpha value is -2.93. The minimum atomic E-state index is -0.200. The number of aldehydes is 1. The van der Waals surface area contributed by atoms with Gasteiger partial charge in [0.25, 0.3) is 5.91 Å². The van der Waals surface area contributed by atoms with Gasteiger partial charge in [-0.1, -0.05) is 19.1 Å². The van der Waals surface area contributed by atoms with Crippen LogP contribution >= 0.6 is 11.3 Å². The first-order valence-electron chi connectivity index (χ1n) is 9.49. The molecule has 3 rings (SSSR count). The van der Waals surface area contributed by atoms with Crippen molar-refractivity contribution in [2.24, 2.45) is 0 Å². The fraction of sp³-hybridized carbons (Fsp3) is 0.318. The van der Waals surface area contributed by atoms with Crippen molar-refractivity contribution in [1.82, 2.24) is 9.88 Å². The topological polar surface area (TPSA) is 68.7 Å². The lowest BCUT2D eigenvalue weighted by molar-refractivity contribution is -0.134. The number of amides is 1. The first-order chi connectivity index (χ1) is 14.0. The van der Waals surface area contributed by atoms with E-state index in [2.05, 4.69) is 4.98 Å². The van der Waals surface area contributed by atoms with Crippen molar-refractivity contribution in [3.63, 3.8) is 0 Å². The van der Waals surface area contributed by atoms with Gasteiger partial charge in [0.2, 0.25) is 0 Å². The number of likely N-dealkylation sites (N-methyl/N-ethyl adjacent to an activating group) is 1. The van der Waals surface area contributed by atoms with E-state index >= 15 is 0 Å². The van der Waals surface area contributed by atoms with Crippen LogP contribution in [0.5, 0.6) is 11.5 Å². The van der Waals surface area contributed by atoms with Crippen LogP contribution in [0.25, 0.3) is 10.2 Å². The van der Waals surface area contributed by atoms with Crippen molar-refractivity contribution >= 4 is 33.7 Å². The summed E-state index contributed by atoms with van der Waals surface area (Å²) in [5, 5.41) is 0.866. The van der Waals surface area contributed by atoms with Crippen LogP contribution in [-0.2, 0) is 4.79 Å². The maximum Gasteiger partial charge on any atom is 0.260 e. The summed E-state index contributed by atoms with van der Waals surface area (Å²) in [5.41, 5.74) is 1.31. The summed E-state index contributed by atoms with van der Waals surface area (Å²) in [4.78, 5) is 30.2. The van der Waals surface area contributed by atoms with E-state index in [9.17, 15) is 9.59 Å². The van der Waals surface area contributed by atoms with Gasteiger partial charge in [0.15, 0.2) is 12.9 Å². The normalized spacial score (nSPS) is 11.8. The van der Waals surface area contributed by atoms with Gasteiger partial charge >= 0.3 is 0 Å². The lowest BCUT2D eigenvalue weighted by atomic mass is 10.2. The summed E-state index contributed by atoms with van der Waals surface area (Å²) < 4.78 is 12.3. The molecule has 7 heteroatoms. The Bertz CT molecular complexity index is 968. The van der Waals surface area contributed by atoms with Crippen LogP contribution in [0.15, 0.2) is 42.5 Å². The third kappa shape index (κ3) is 4.92. The number of para-hydroxylation sites is 1. The maximum absolute atomic E-state index is 12.7. The van der Waals surface area contributed by atoms with Crippen molar-refractivity contribution in [1.29, 1.82) is 0 Å². The second-order valence-corrected chi connectivity index (χ2v) is 7.72. The summed E-state index contributed by atoms with van der Waals surface area (Å²) in [6.45, 7) is 4.34. The van der Waals surface area contributed by atoms with E-state index in [-0.39, 0.29) is 18.6 Å². The quantitative estimate of drug-likeness (QED) is 0.484. The van der Waals surface area contributed by atoms with E-state index in [1.165, 1.54) is 0 Å². The molecule has 152 valence electrons. The molecule has 1 aromatic heterocycles. The Balaban J connectivity index is 1.67. The monoisotopic (exact) mass is 412 g/mol. The van der Waals surface area contributed by atoms with Gasteiger partial charge in [0, 0.05) is 13.1 Å². The molecule has 6 nitrogen and oxygen atoms in total. The van der Waals surface area contributed by atoms with Gasteiger partial charge in [-0.3, -0.25) is 9.59 Å². The van der Waals surface area contributed by atoms with Gasteiger partial charge in [-0.2, -0.15) is 0 Å². The van der Waals surface area contributed by atoms with E-state index in [1.807, 2.05) is 38.1 Å². The Morgan fingerprint density at radius 3 is 2.76 bits per heavy atom. The number of rotatable bonds is 9. The first-order valence-corrected chi connectivity index (χ1v) is 10.3. The van der Waals surface area contributed by atoms with Crippen LogP contribution in [0.2, 0.25) is 0 Å². The van der Waals surface area contributed by atoms with Crippen LogP contribution < -0.4 is 9.47 Å². The molecule has 0 bridgehead atoms. The highest BCUT2D eigenvalue weighted by atomic mass is 32.1. The average Bonchev–Trinajstić information content (AvgIpc) is 3.19. The number of carbonyl (C=O) groups excluding carboxylic acids is 2. The van der Waals surface area contributed by atoms with Crippen LogP contribution in [0.1, 0.15) is 41.7 Å². The standard InChI is InChI=1S/C22H24N2O4S/c1-4-11-27-17-10-9-16(13-25)19(12-17)28-14-21(26)24(3)15(2)22-23-18-7-5-6-8-20(18)29-22/h5-10,12-13,15H,4,11,14H2,1-3H3/t15-/m0/s1. The highest BCUT2D eigenvalue weighted by Crippen LogP contribution is 2.29. The molecule has 0 saturated carbocycles. The van der Waals surface area contributed by atoms with E-state index in [4.69, 9.17) is 9.47 Å². The average molecular weight is 413 g/mol. The van der Waals surface area contributed by atoms with Crippen LogP contribution in [0, 0.1) is 0 Å². The van der Waals surface area contributed by atoms with E-state index < -0.39 is 0 Å². The van der Waals surface area contributed by atoms with Crippen molar-refractivity contribution in [2.45, 2.75) is 26.3 Å². The largest absolute Gasteiger partial charge is 0.493 e. The second kappa shape index (κ2) is 9.52. The van der Waals surface area contributed by atoms with E-state index in [0.29, 0.717) is 30.0 Å². The molecule has 0 aliphatic heterocycles. The first kappa shape index (κ1) is 20.8. The number of hydrogen-bond acceptors (Lipinski definition) is 6. The lowest BCUT2D eigenvalue weighted by Crippen LogP contribution is -2.33. The van der Waals surface area contributed by atoms with Gasteiger partial charge in [-0.15, -0.1) is 11.3 Å². The maximum atomic E-state index is 12.7. The number of hydrogen-bond donors (Lipinski definition) is 0. The van der Waals surface area contributed by atoms with Crippen LogP contribution in [0.4, 0.5) is 0 Å². The number of fused-ring (bicyclic) bond motifs is 1. The summed E-state index contributed by atoms with van der Waals surface area (Å²) in [6.07, 6.45) is 1.58. The zero-order chi connectivity index (χ0) is 20.8. The fourth-order valence-electron chi connectivity index (χ4n) is 2.74. The highest BCUT2D eigenvalue weighted by Gasteiger charge is 2.21. The molecule has 0 aliphatic rings. The molecule has 0 unspecified atom stereocenters. The van der Waals surface area contributed by atoms with Crippen molar-refractivity contribution in [3.05, 3.63) is 53.0 Å². The van der Waals surface area contributed by atoms with Gasteiger partial charge < -0.3 is 14.4 Å². The predicted octanol–water partition coefficient (Wildman–Crippen LogP) is 4.50. The molecule has 3 aromatic rings. The Kier molecular flexibility index (Phi) is 6.82. The summed E-state index contributed by atoms with van der Waals surface area (Å²) in [6, 6.07) is 12.7. The van der Waals surface area contributed by atoms with Gasteiger partial charge in [0.05, 0.1) is 28.4 Å². The molecule has 2 aromatic carbocycles. The summed E-state index contributed by atoms with van der Waals surface area (Å²) >= 11 is 1.57. The zero-order valence-electron chi connectivity index (χ0n) is 16.8. The van der Waals surface area contributed by atoms with E-state index in [0.717, 1.165) is 21.6 Å². The van der Waals surface area contributed by atoms with Gasteiger partial charge in [-0.05, 0) is 37.6 Å². The molecule has 1 heterocycles.